The van der Waals surface area contributed by atoms with E-state index in [9.17, 15) is 14.7 Å². The van der Waals surface area contributed by atoms with Gasteiger partial charge in [-0.2, -0.15) is 0 Å². The lowest BCUT2D eigenvalue weighted by molar-refractivity contribution is -0.165. The molecule has 0 fully saturated rings. The number of hydrogen-bond donors (Lipinski definition) is 2. The van der Waals surface area contributed by atoms with E-state index < -0.39 is 24.0 Å². The van der Waals surface area contributed by atoms with Gasteiger partial charge in [-0.1, -0.05) is 36.4 Å². The summed E-state index contributed by atoms with van der Waals surface area (Å²) < 4.78 is 4.69. The Morgan fingerprint density at radius 3 is 2.47 bits per heavy atom. The Morgan fingerprint density at radius 1 is 1.32 bits per heavy atom. The maximum Gasteiger partial charge on any atom is 0.342 e. The first-order chi connectivity index (χ1) is 8.98. The summed E-state index contributed by atoms with van der Waals surface area (Å²) in [5, 5.41) is 18.9. The highest BCUT2D eigenvalue weighted by Gasteiger charge is 2.37. The van der Waals surface area contributed by atoms with Gasteiger partial charge in [-0.25, -0.2) is 4.79 Å². The van der Waals surface area contributed by atoms with Crippen LogP contribution in [0.15, 0.2) is 36.4 Å². The Hall–Kier alpha value is -2.14. The van der Waals surface area contributed by atoms with Gasteiger partial charge in [-0.3, -0.25) is 4.79 Å². The minimum absolute atomic E-state index is 0.0694. The van der Waals surface area contributed by atoms with Crippen LogP contribution in [0.4, 0.5) is 0 Å². The number of rotatable bonds is 6. The summed E-state index contributed by atoms with van der Waals surface area (Å²) in [6, 6.07) is 8.94. The van der Waals surface area contributed by atoms with E-state index in [4.69, 9.17) is 9.84 Å². The van der Waals surface area contributed by atoms with E-state index >= 15 is 0 Å². The van der Waals surface area contributed by atoms with Crippen LogP contribution >= 0.6 is 0 Å². The second-order valence-electron chi connectivity index (χ2n) is 3.96. The quantitative estimate of drug-likeness (QED) is 0.760. The van der Waals surface area contributed by atoms with Crippen molar-refractivity contribution >= 4 is 18.0 Å². The van der Waals surface area contributed by atoms with Crippen LogP contribution in [0.3, 0.4) is 0 Å². The van der Waals surface area contributed by atoms with E-state index in [0.717, 1.165) is 11.6 Å². The van der Waals surface area contributed by atoms with Crippen molar-refractivity contribution < 1.29 is 24.5 Å². The number of benzene rings is 1. The summed E-state index contributed by atoms with van der Waals surface area (Å²) >= 11 is 0. The standard InChI is InChI=1S/C14H16O5/c1-2-19-13(17)14(18,10-12(15)16)9-8-11-6-4-3-5-7-11/h3-9,18H,2,10H2,1H3,(H,15,16)/b9-8+/t14-/m0/s1. The monoisotopic (exact) mass is 264 g/mol. The molecule has 0 aliphatic heterocycles. The van der Waals surface area contributed by atoms with Crippen LogP contribution in [-0.4, -0.2) is 34.4 Å². The molecule has 0 amide bonds. The Morgan fingerprint density at radius 2 is 1.95 bits per heavy atom. The Kier molecular flexibility index (Phi) is 5.26. The third-order valence-corrected chi connectivity index (χ3v) is 2.40. The lowest BCUT2D eigenvalue weighted by Gasteiger charge is -2.20. The van der Waals surface area contributed by atoms with Crippen LogP contribution < -0.4 is 0 Å². The minimum atomic E-state index is -2.16. The SMILES string of the molecule is CCOC(=O)[C@](O)(/C=C/c1ccccc1)CC(=O)O. The average Bonchev–Trinajstić information content (AvgIpc) is 2.37. The number of carboxylic acid groups (broad SMARTS) is 1. The summed E-state index contributed by atoms with van der Waals surface area (Å²) in [6.45, 7) is 1.65. The van der Waals surface area contributed by atoms with Gasteiger partial charge in [0.2, 0.25) is 0 Å². The van der Waals surface area contributed by atoms with Crippen LogP contribution in [0.25, 0.3) is 6.08 Å². The molecule has 19 heavy (non-hydrogen) atoms. The molecule has 0 aliphatic carbocycles. The molecule has 1 atom stereocenters. The molecule has 0 saturated carbocycles. The predicted octanol–water partition coefficient (Wildman–Crippen LogP) is 1.47. The van der Waals surface area contributed by atoms with Gasteiger partial charge in [0, 0.05) is 0 Å². The largest absolute Gasteiger partial charge is 0.481 e. The van der Waals surface area contributed by atoms with Crippen LogP contribution in [0.2, 0.25) is 0 Å². The predicted molar refractivity (Wildman–Crippen MR) is 69.3 cm³/mol. The van der Waals surface area contributed by atoms with Gasteiger partial charge < -0.3 is 14.9 Å². The van der Waals surface area contributed by atoms with Crippen molar-refractivity contribution in [1.29, 1.82) is 0 Å². The van der Waals surface area contributed by atoms with Crippen molar-refractivity contribution in [1.82, 2.24) is 0 Å². The molecule has 5 heteroatoms. The average molecular weight is 264 g/mol. The van der Waals surface area contributed by atoms with Gasteiger partial charge in [-0.05, 0) is 18.6 Å². The Labute approximate surface area is 111 Å². The number of carbonyl (C=O) groups excluding carboxylic acids is 1. The molecule has 1 rings (SSSR count). The molecule has 0 aliphatic rings. The molecule has 102 valence electrons. The van der Waals surface area contributed by atoms with Gasteiger partial charge in [0.15, 0.2) is 5.60 Å². The molecular formula is C14H16O5. The first-order valence-corrected chi connectivity index (χ1v) is 5.83. The van der Waals surface area contributed by atoms with Gasteiger partial charge in [0.1, 0.15) is 0 Å². The van der Waals surface area contributed by atoms with Gasteiger partial charge in [-0.15, -0.1) is 0 Å². The fourth-order valence-corrected chi connectivity index (χ4v) is 1.48. The number of aliphatic hydroxyl groups is 1. The zero-order valence-electron chi connectivity index (χ0n) is 10.6. The van der Waals surface area contributed by atoms with Gasteiger partial charge in [0.25, 0.3) is 0 Å². The van der Waals surface area contributed by atoms with Gasteiger partial charge >= 0.3 is 11.9 Å². The van der Waals surface area contributed by atoms with Crippen molar-refractivity contribution in [3.05, 3.63) is 42.0 Å². The molecule has 0 unspecified atom stereocenters. The highest BCUT2D eigenvalue weighted by Crippen LogP contribution is 2.17. The summed E-state index contributed by atoms with van der Waals surface area (Å²) in [5.74, 6) is -2.25. The summed E-state index contributed by atoms with van der Waals surface area (Å²) in [4.78, 5) is 22.4. The first-order valence-electron chi connectivity index (χ1n) is 5.83. The number of carboxylic acids is 1. The van der Waals surface area contributed by atoms with Crippen molar-refractivity contribution in [3.8, 4) is 0 Å². The highest BCUT2D eigenvalue weighted by atomic mass is 16.5. The number of aliphatic carboxylic acids is 1. The molecule has 1 aromatic carbocycles. The third-order valence-electron chi connectivity index (χ3n) is 2.40. The van der Waals surface area contributed by atoms with Crippen LogP contribution in [0, 0.1) is 0 Å². The third kappa shape index (κ3) is 4.56. The second kappa shape index (κ2) is 6.70. The van der Waals surface area contributed by atoms with Crippen LogP contribution in [0.1, 0.15) is 18.9 Å². The molecule has 0 heterocycles. The lowest BCUT2D eigenvalue weighted by atomic mass is 9.98. The van der Waals surface area contributed by atoms with Crippen molar-refractivity contribution in [2.24, 2.45) is 0 Å². The van der Waals surface area contributed by atoms with Crippen molar-refractivity contribution in [3.63, 3.8) is 0 Å². The zero-order chi connectivity index (χ0) is 14.3. The first kappa shape index (κ1) is 14.9. The lowest BCUT2D eigenvalue weighted by Crippen LogP contribution is -2.40. The summed E-state index contributed by atoms with van der Waals surface area (Å²) in [7, 11) is 0. The molecule has 0 bridgehead atoms. The molecule has 0 radical (unpaired) electrons. The minimum Gasteiger partial charge on any atom is -0.481 e. The molecule has 1 aromatic rings. The fraction of sp³-hybridized carbons (Fsp3) is 0.286. The Balaban J connectivity index is 2.94. The van der Waals surface area contributed by atoms with E-state index in [1.54, 1.807) is 31.2 Å². The van der Waals surface area contributed by atoms with Crippen LogP contribution in [0.5, 0.6) is 0 Å². The van der Waals surface area contributed by atoms with E-state index in [1.807, 2.05) is 6.07 Å². The molecule has 0 spiro atoms. The smallest absolute Gasteiger partial charge is 0.342 e. The van der Waals surface area contributed by atoms with E-state index in [1.165, 1.54) is 6.08 Å². The second-order valence-corrected chi connectivity index (χ2v) is 3.96. The molecule has 2 N–H and O–H groups in total. The molecule has 0 aromatic heterocycles. The highest BCUT2D eigenvalue weighted by molar-refractivity contribution is 5.88. The summed E-state index contributed by atoms with van der Waals surface area (Å²) in [6.07, 6.45) is 1.89. The molecule has 5 nitrogen and oxygen atoms in total. The van der Waals surface area contributed by atoms with Crippen LogP contribution in [-0.2, 0) is 14.3 Å². The maximum atomic E-state index is 11.6. The normalized spacial score (nSPS) is 14.0. The Bertz CT molecular complexity index is 466. The fourth-order valence-electron chi connectivity index (χ4n) is 1.48. The number of hydrogen-bond acceptors (Lipinski definition) is 4. The van der Waals surface area contributed by atoms with Gasteiger partial charge in [0.05, 0.1) is 13.0 Å². The number of ether oxygens (including phenoxy) is 1. The number of esters is 1. The summed E-state index contributed by atoms with van der Waals surface area (Å²) in [5.41, 5.74) is -1.41. The topological polar surface area (TPSA) is 83.8 Å². The number of carbonyl (C=O) groups is 2. The molecular weight excluding hydrogens is 248 g/mol. The van der Waals surface area contributed by atoms with E-state index in [-0.39, 0.29) is 6.61 Å². The molecule has 0 saturated heterocycles. The van der Waals surface area contributed by atoms with E-state index in [0.29, 0.717) is 0 Å². The van der Waals surface area contributed by atoms with Crippen molar-refractivity contribution in [2.45, 2.75) is 18.9 Å². The van der Waals surface area contributed by atoms with Crippen molar-refractivity contribution in [2.75, 3.05) is 6.61 Å². The van der Waals surface area contributed by atoms with E-state index in [2.05, 4.69) is 0 Å². The maximum absolute atomic E-state index is 11.6. The zero-order valence-corrected chi connectivity index (χ0v) is 10.6.